The average Bonchev–Trinajstić information content (AvgIpc) is 2.70. The van der Waals surface area contributed by atoms with Crippen molar-refractivity contribution in [3.05, 3.63) is 38.9 Å². The highest BCUT2D eigenvalue weighted by atomic mass is 79.9. The van der Waals surface area contributed by atoms with Crippen molar-refractivity contribution in [1.82, 2.24) is 0 Å². The molecule has 0 bridgehead atoms. The summed E-state index contributed by atoms with van der Waals surface area (Å²) in [6.07, 6.45) is 0. The van der Waals surface area contributed by atoms with Crippen molar-refractivity contribution in [3.8, 4) is 5.75 Å². The molecule has 2 aromatic rings. The van der Waals surface area contributed by atoms with Crippen LogP contribution in [0.3, 0.4) is 0 Å². The number of ether oxygens (including phenoxy) is 1. The lowest BCUT2D eigenvalue weighted by atomic mass is 10.3. The van der Waals surface area contributed by atoms with Crippen LogP contribution in [0.4, 0.5) is 10.1 Å². The Labute approximate surface area is 132 Å². The predicted molar refractivity (Wildman–Crippen MR) is 80.8 cm³/mol. The van der Waals surface area contributed by atoms with Crippen LogP contribution in [0.5, 0.6) is 5.75 Å². The summed E-state index contributed by atoms with van der Waals surface area (Å²) < 4.78 is 45.3. The molecule has 0 aliphatic carbocycles. The Morgan fingerprint density at radius 1 is 1.40 bits per heavy atom. The average molecular weight is 401 g/mol. The van der Waals surface area contributed by atoms with Gasteiger partial charge in [0.1, 0.15) is 4.21 Å². The van der Waals surface area contributed by atoms with Crippen LogP contribution in [-0.2, 0) is 10.0 Å². The first-order valence-corrected chi connectivity index (χ1v) is 8.62. The molecule has 0 amide bonds. The molecule has 0 aliphatic rings. The van der Waals surface area contributed by atoms with Crippen LogP contribution in [0.2, 0.25) is 5.02 Å². The molecule has 0 unspecified atom stereocenters. The first-order chi connectivity index (χ1) is 9.33. The molecule has 1 N–H and O–H groups in total. The van der Waals surface area contributed by atoms with Crippen LogP contribution in [0, 0.1) is 5.82 Å². The third-order valence-corrected chi connectivity index (χ3v) is 6.62. The summed E-state index contributed by atoms with van der Waals surface area (Å²) in [5.74, 6) is -0.618. The van der Waals surface area contributed by atoms with Gasteiger partial charge in [-0.05, 0) is 34.1 Å². The lowest BCUT2D eigenvalue weighted by Gasteiger charge is -2.08. The minimum atomic E-state index is -3.80. The second-order valence-corrected chi connectivity index (χ2v) is 8.33. The topological polar surface area (TPSA) is 55.4 Å². The normalized spacial score (nSPS) is 11.4. The summed E-state index contributed by atoms with van der Waals surface area (Å²) in [7, 11) is -2.48. The van der Waals surface area contributed by atoms with E-state index >= 15 is 0 Å². The highest BCUT2D eigenvalue weighted by Crippen LogP contribution is 2.35. The summed E-state index contributed by atoms with van der Waals surface area (Å²) in [6, 6.07) is 5.10. The van der Waals surface area contributed by atoms with Gasteiger partial charge >= 0.3 is 0 Å². The van der Waals surface area contributed by atoms with Crippen molar-refractivity contribution in [2.45, 2.75) is 4.21 Å². The maximum absolute atomic E-state index is 13.5. The fourth-order valence-corrected chi connectivity index (χ4v) is 4.84. The van der Waals surface area contributed by atoms with Gasteiger partial charge < -0.3 is 4.74 Å². The SMILES string of the molecule is COc1ccc(NS(=O)(=O)c2cc(Cl)c(Br)s2)cc1F. The Morgan fingerprint density at radius 2 is 2.10 bits per heavy atom. The van der Waals surface area contributed by atoms with E-state index in [1.807, 2.05) is 0 Å². The van der Waals surface area contributed by atoms with Crippen LogP contribution in [0.1, 0.15) is 0 Å². The van der Waals surface area contributed by atoms with Gasteiger partial charge in [0.15, 0.2) is 11.6 Å². The van der Waals surface area contributed by atoms with Gasteiger partial charge in [-0.1, -0.05) is 11.6 Å². The number of halogens is 3. The number of hydrogen-bond acceptors (Lipinski definition) is 4. The maximum Gasteiger partial charge on any atom is 0.271 e. The predicted octanol–water partition coefficient (Wildman–Crippen LogP) is 4.11. The Balaban J connectivity index is 2.31. The summed E-state index contributed by atoms with van der Waals surface area (Å²) in [6.45, 7) is 0. The van der Waals surface area contributed by atoms with Gasteiger partial charge in [0.2, 0.25) is 0 Å². The molecule has 0 saturated heterocycles. The molecule has 0 aliphatic heterocycles. The molecule has 20 heavy (non-hydrogen) atoms. The summed E-state index contributed by atoms with van der Waals surface area (Å²) in [5, 5.41) is 0.302. The molecular formula is C11H8BrClFNO3S2. The fourth-order valence-electron chi connectivity index (χ4n) is 1.39. The Hall–Kier alpha value is -0.830. The van der Waals surface area contributed by atoms with Crippen LogP contribution >= 0.6 is 38.9 Å². The summed E-state index contributed by atoms with van der Waals surface area (Å²) in [5.41, 5.74) is 0.101. The molecule has 4 nitrogen and oxygen atoms in total. The zero-order chi connectivity index (χ0) is 14.9. The number of methoxy groups -OCH3 is 1. The molecule has 108 valence electrons. The molecule has 0 radical (unpaired) electrons. The van der Waals surface area contributed by atoms with E-state index in [-0.39, 0.29) is 15.6 Å². The Morgan fingerprint density at radius 3 is 2.60 bits per heavy atom. The maximum atomic E-state index is 13.5. The van der Waals surface area contributed by atoms with Crippen molar-refractivity contribution in [1.29, 1.82) is 0 Å². The van der Waals surface area contributed by atoms with E-state index in [4.69, 9.17) is 16.3 Å². The van der Waals surface area contributed by atoms with Crippen LogP contribution in [-0.4, -0.2) is 15.5 Å². The minimum Gasteiger partial charge on any atom is -0.494 e. The van der Waals surface area contributed by atoms with Crippen molar-refractivity contribution in [3.63, 3.8) is 0 Å². The third kappa shape index (κ3) is 3.25. The van der Waals surface area contributed by atoms with Gasteiger partial charge in [-0.25, -0.2) is 12.8 Å². The van der Waals surface area contributed by atoms with Gasteiger partial charge in [0, 0.05) is 6.07 Å². The van der Waals surface area contributed by atoms with Crippen LogP contribution in [0.25, 0.3) is 0 Å². The number of hydrogen-bond donors (Lipinski definition) is 1. The van der Waals surface area contributed by atoms with Gasteiger partial charge in [0.05, 0.1) is 21.6 Å². The van der Waals surface area contributed by atoms with E-state index < -0.39 is 15.8 Å². The van der Waals surface area contributed by atoms with Crippen molar-refractivity contribution in [2.24, 2.45) is 0 Å². The number of benzene rings is 1. The quantitative estimate of drug-likeness (QED) is 0.840. The third-order valence-electron chi connectivity index (χ3n) is 2.29. The largest absolute Gasteiger partial charge is 0.494 e. The molecule has 0 saturated carbocycles. The van der Waals surface area contributed by atoms with Gasteiger partial charge in [-0.3, -0.25) is 4.72 Å². The van der Waals surface area contributed by atoms with E-state index in [0.29, 0.717) is 8.81 Å². The number of nitrogens with one attached hydrogen (secondary N) is 1. The van der Waals surface area contributed by atoms with E-state index in [9.17, 15) is 12.8 Å². The van der Waals surface area contributed by atoms with Crippen molar-refractivity contribution in [2.75, 3.05) is 11.8 Å². The molecule has 0 fully saturated rings. The fraction of sp³-hybridized carbons (Fsp3) is 0.0909. The lowest BCUT2D eigenvalue weighted by molar-refractivity contribution is 0.386. The first-order valence-electron chi connectivity index (χ1n) is 5.14. The van der Waals surface area contributed by atoms with Crippen molar-refractivity contribution >= 4 is 54.6 Å². The first kappa shape index (κ1) is 15.6. The second-order valence-electron chi connectivity index (χ2n) is 3.64. The second kappa shape index (κ2) is 5.88. The zero-order valence-corrected chi connectivity index (χ0v) is 14.0. The van der Waals surface area contributed by atoms with E-state index in [1.165, 1.54) is 25.3 Å². The number of rotatable bonds is 4. The Bertz CT molecular complexity index is 729. The molecule has 1 aromatic heterocycles. The molecule has 1 heterocycles. The smallest absolute Gasteiger partial charge is 0.271 e. The zero-order valence-electron chi connectivity index (χ0n) is 9.98. The van der Waals surface area contributed by atoms with Gasteiger partial charge in [-0.15, -0.1) is 11.3 Å². The van der Waals surface area contributed by atoms with Gasteiger partial charge in [-0.2, -0.15) is 0 Å². The molecule has 1 aromatic carbocycles. The Kier molecular flexibility index (Phi) is 4.58. The number of thiophene rings is 1. The van der Waals surface area contributed by atoms with Crippen molar-refractivity contribution < 1.29 is 17.5 Å². The minimum absolute atomic E-state index is 0.0330. The van der Waals surface area contributed by atoms with Crippen LogP contribution < -0.4 is 9.46 Å². The summed E-state index contributed by atoms with van der Waals surface area (Å²) >= 11 is 9.91. The molecular weight excluding hydrogens is 393 g/mol. The van der Waals surface area contributed by atoms with Crippen LogP contribution in [0.15, 0.2) is 32.3 Å². The molecule has 0 spiro atoms. The highest BCUT2D eigenvalue weighted by Gasteiger charge is 2.19. The number of sulfonamides is 1. The molecule has 9 heteroatoms. The monoisotopic (exact) mass is 399 g/mol. The van der Waals surface area contributed by atoms with E-state index in [0.717, 1.165) is 17.4 Å². The van der Waals surface area contributed by atoms with Gasteiger partial charge in [0.25, 0.3) is 10.0 Å². The summed E-state index contributed by atoms with van der Waals surface area (Å²) in [4.78, 5) is 0. The lowest BCUT2D eigenvalue weighted by Crippen LogP contribution is -2.11. The molecule has 0 atom stereocenters. The van der Waals surface area contributed by atoms with E-state index in [1.54, 1.807) is 0 Å². The molecule has 2 rings (SSSR count). The van der Waals surface area contributed by atoms with E-state index in [2.05, 4.69) is 20.7 Å². The standard InChI is InChI=1S/C11H8BrClFNO3S2/c1-18-9-3-2-6(4-8(9)14)15-20(16,17)10-5-7(13)11(12)19-10/h2-5,15H,1H3. The highest BCUT2D eigenvalue weighted by molar-refractivity contribution is 9.11. The number of anilines is 1.